The Morgan fingerprint density at radius 2 is 1.77 bits per heavy atom. The third kappa shape index (κ3) is 5.60. The van der Waals surface area contributed by atoms with E-state index in [1.54, 1.807) is 37.5 Å². The minimum Gasteiger partial charge on any atom is -0.478 e. The normalized spacial score (nSPS) is 10.5. The number of aromatic carboxylic acids is 1. The maximum Gasteiger partial charge on any atom is 0.335 e. The van der Waals surface area contributed by atoms with Crippen molar-refractivity contribution in [2.75, 3.05) is 13.9 Å². The van der Waals surface area contributed by atoms with Gasteiger partial charge in [0, 0.05) is 12.7 Å². The van der Waals surface area contributed by atoms with Gasteiger partial charge in [-0.3, -0.25) is 0 Å². The standard InChI is InChI=1S/C26H22O4/c1-19-7-11-21(12-8-19)25-16-15-24(30-18-29-2)17-23(25)6-4-3-5-20-9-13-22(14-10-20)26(27)28/h4,6-17H,18H2,1-2H3,(H,27,28). The minimum absolute atomic E-state index is 0.180. The number of aryl methyl sites for hydroxylation is 1. The van der Waals surface area contributed by atoms with Gasteiger partial charge in [-0.05, 0) is 72.2 Å². The zero-order valence-electron chi connectivity index (χ0n) is 16.9. The van der Waals surface area contributed by atoms with Crippen molar-refractivity contribution in [3.05, 3.63) is 95.1 Å². The summed E-state index contributed by atoms with van der Waals surface area (Å²) < 4.78 is 10.6. The van der Waals surface area contributed by atoms with Crippen molar-refractivity contribution in [2.24, 2.45) is 0 Å². The zero-order valence-corrected chi connectivity index (χ0v) is 16.9. The van der Waals surface area contributed by atoms with Crippen LogP contribution in [0.2, 0.25) is 0 Å². The predicted octanol–water partition coefficient (Wildman–Crippen LogP) is 5.41. The second-order valence-corrected chi connectivity index (χ2v) is 6.65. The van der Waals surface area contributed by atoms with Crippen LogP contribution in [0.5, 0.6) is 5.75 Å². The molecule has 30 heavy (non-hydrogen) atoms. The molecule has 3 aromatic rings. The molecule has 0 amide bonds. The second-order valence-electron chi connectivity index (χ2n) is 6.65. The van der Waals surface area contributed by atoms with Gasteiger partial charge in [0.15, 0.2) is 6.79 Å². The molecule has 0 bridgehead atoms. The lowest BCUT2D eigenvalue weighted by molar-refractivity contribution is 0.0511. The van der Waals surface area contributed by atoms with Crippen LogP contribution in [-0.2, 0) is 4.74 Å². The summed E-state index contributed by atoms with van der Waals surface area (Å²) in [4.78, 5) is 10.9. The minimum atomic E-state index is -0.950. The number of benzene rings is 3. The van der Waals surface area contributed by atoms with Gasteiger partial charge in [-0.2, -0.15) is 0 Å². The Labute approximate surface area is 176 Å². The largest absolute Gasteiger partial charge is 0.478 e. The molecule has 4 nitrogen and oxygen atoms in total. The molecule has 0 atom stereocenters. The molecule has 0 saturated carbocycles. The van der Waals surface area contributed by atoms with E-state index < -0.39 is 5.97 Å². The van der Waals surface area contributed by atoms with E-state index in [9.17, 15) is 4.79 Å². The number of rotatable bonds is 6. The van der Waals surface area contributed by atoms with Crippen LogP contribution in [0.25, 0.3) is 17.2 Å². The van der Waals surface area contributed by atoms with Gasteiger partial charge in [-0.1, -0.05) is 47.7 Å². The maximum absolute atomic E-state index is 10.9. The van der Waals surface area contributed by atoms with Crippen molar-refractivity contribution >= 4 is 12.0 Å². The molecule has 0 aromatic heterocycles. The Kier molecular flexibility index (Phi) is 7.05. The number of carboxylic acids is 1. The van der Waals surface area contributed by atoms with Crippen LogP contribution >= 0.6 is 0 Å². The monoisotopic (exact) mass is 398 g/mol. The molecule has 150 valence electrons. The van der Waals surface area contributed by atoms with Gasteiger partial charge in [0.05, 0.1) is 5.56 Å². The molecular formula is C26H22O4. The van der Waals surface area contributed by atoms with Crippen molar-refractivity contribution in [1.29, 1.82) is 0 Å². The molecule has 0 aliphatic heterocycles. The van der Waals surface area contributed by atoms with Gasteiger partial charge in [-0.15, -0.1) is 0 Å². The molecule has 3 aromatic carbocycles. The van der Waals surface area contributed by atoms with Crippen LogP contribution in [0.1, 0.15) is 27.0 Å². The van der Waals surface area contributed by atoms with E-state index >= 15 is 0 Å². The molecule has 0 fully saturated rings. The van der Waals surface area contributed by atoms with E-state index in [1.165, 1.54) is 5.56 Å². The lowest BCUT2D eigenvalue weighted by Crippen LogP contribution is -1.99. The molecule has 0 unspecified atom stereocenters. The van der Waals surface area contributed by atoms with Crippen molar-refractivity contribution in [1.82, 2.24) is 0 Å². The van der Waals surface area contributed by atoms with Gasteiger partial charge in [0.2, 0.25) is 0 Å². The van der Waals surface area contributed by atoms with Gasteiger partial charge < -0.3 is 14.6 Å². The lowest BCUT2D eigenvalue weighted by atomic mass is 9.98. The first kappa shape index (κ1) is 20.9. The maximum atomic E-state index is 10.9. The van der Waals surface area contributed by atoms with E-state index in [-0.39, 0.29) is 12.4 Å². The zero-order chi connectivity index (χ0) is 21.3. The summed E-state index contributed by atoms with van der Waals surface area (Å²) in [6.45, 7) is 2.24. The summed E-state index contributed by atoms with van der Waals surface area (Å²) in [5, 5.41) is 8.96. The molecule has 4 heteroatoms. The number of carbonyl (C=O) groups is 1. The van der Waals surface area contributed by atoms with Crippen LogP contribution in [0.15, 0.2) is 72.8 Å². The molecule has 0 heterocycles. The Morgan fingerprint density at radius 1 is 1.03 bits per heavy atom. The number of hydrogen-bond donors (Lipinski definition) is 1. The summed E-state index contributed by atoms with van der Waals surface area (Å²) in [5.74, 6) is 5.78. The Morgan fingerprint density at radius 3 is 2.43 bits per heavy atom. The van der Waals surface area contributed by atoms with Crippen LogP contribution in [0.4, 0.5) is 0 Å². The molecular weight excluding hydrogens is 376 g/mol. The van der Waals surface area contributed by atoms with Gasteiger partial charge in [0.1, 0.15) is 5.75 Å². The number of hydrogen-bond acceptors (Lipinski definition) is 3. The van der Waals surface area contributed by atoms with E-state index in [4.69, 9.17) is 14.6 Å². The average Bonchev–Trinajstić information content (AvgIpc) is 2.76. The average molecular weight is 398 g/mol. The van der Waals surface area contributed by atoms with Crippen LogP contribution < -0.4 is 4.74 Å². The molecule has 3 rings (SSSR count). The Balaban J connectivity index is 1.87. The summed E-state index contributed by atoms with van der Waals surface area (Å²) in [5.41, 5.74) is 5.35. The topological polar surface area (TPSA) is 55.8 Å². The van der Waals surface area contributed by atoms with E-state index in [0.29, 0.717) is 5.75 Å². The number of allylic oxidation sites excluding steroid dienone is 1. The van der Waals surface area contributed by atoms with Crippen molar-refractivity contribution in [3.8, 4) is 28.7 Å². The predicted molar refractivity (Wildman–Crippen MR) is 118 cm³/mol. The van der Waals surface area contributed by atoms with Crippen molar-refractivity contribution in [3.63, 3.8) is 0 Å². The lowest BCUT2D eigenvalue weighted by Gasteiger charge is -2.10. The summed E-state index contributed by atoms with van der Waals surface area (Å²) >= 11 is 0. The van der Waals surface area contributed by atoms with E-state index in [0.717, 1.165) is 22.3 Å². The summed E-state index contributed by atoms with van der Waals surface area (Å²) in [6, 6.07) is 20.7. The smallest absolute Gasteiger partial charge is 0.335 e. The highest BCUT2D eigenvalue weighted by atomic mass is 16.7. The second kappa shape index (κ2) is 10.1. The van der Waals surface area contributed by atoms with Crippen molar-refractivity contribution < 1.29 is 19.4 Å². The summed E-state index contributed by atoms with van der Waals surface area (Å²) in [7, 11) is 1.58. The number of ether oxygens (including phenoxy) is 2. The van der Waals surface area contributed by atoms with Crippen LogP contribution in [0.3, 0.4) is 0 Å². The van der Waals surface area contributed by atoms with Crippen molar-refractivity contribution in [2.45, 2.75) is 6.92 Å². The first-order valence-corrected chi connectivity index (χ1v) is 9.41. The summed E-state index contributed by atoms with van der Waals surface area (Å²) in [6.07, 6.45) is 3.71. The van der Waals surface area contributed by atoms with E-state index in [1.807, 2.05) is 24.3 Å². The fourth-order valence-electron chi connectivity index (χ4n) is 2.84. The molecule has 0 saturated heterocycles. The first-order chi connectivity index (χ1) is 14.6. The number of methoxy groups -OCH3 is 1. The fraction of sp³-hybridized carbons (Fsp3) is 0.115. The third-order valence-corrected chi connectivity index (χ3v) is 4.42. The molecule has 0 spiro atoms. The Bertz CT molecular complexity index is 1100. The van der Waals surface area contributed by atoms with Crippen LogP contribution in [0, 0.1) is 18.8 Å². The van der Waals surface area contributed by atoms with Gasteiger partial charge in [-0.25, -0.2) is 4.79 Å². The van der Waals surface area contributed by atoms with E-state index in [2.05, 4.69) is 43.0 Å². The molecule has 0 aliphatic carbocycles. The van der Waals surface area contributed by atoms with Gasteiger partial charge in [0.25, 0.3) is 0 Å². The first-order valence-electron chi connectivity index (χ1n) is 9.41. The molecule has 0 aliphatic rings. The van der Waals surface area contributed by atoms with Crippen LogP contribution in [-0.4, -0.2) is 25.0 Å². The molecule has 1 N–H and O–H groups in total. The fourth-order valence-corrected chi connectivity index (χ4v) is 2.84. The third-order valence-electron chi connectivity index (χ3n) is 4.42. The highest BCUT2D eigenvalue weighted by Crippen LogP contribution is 2.29. The highest BCUT2D eigenvalue weighted by Gasteiger charge is 2.05. The Hall–Kier alpha value is -3.81. The number of carboxylic acid groups (broad SMARTS) is 1. The highest BCUT2D eigenvalue weighted by molar-refractivity contribution is 5.87. The SMILES string of the molecule is COCOc1ccc(-c2ccc(C)cc2)c(C=CC#Cc2ccc(C(=O)O)cc2)c1. The molecule has 0 radical (unpaired) electrons. The van der Waals surface area contributed by atoms with Gasteiger partial charge >= 0.3 is 5.97 Å². The quantitative estimate of drug-likeness (QED) is 0.446.